The van der Waals surface area contributed by atoms with E-state index in [1.54, 1.807) is 0 Å². The molecule has 1 fully saturated rings. The minimum atomic E-state index is 0.582. The number of anilines is 2. The minimum Gasteiger partial charge on any atom is -0.381 e. The van der Waals surface area contributed by atoms with Gasteiger partial charge in [-0.15, -0.1) is 0 Å². The molecule has 2 rings (SSSR count). The second-order valence-electron chi connectivity index (χ2n) is 4.91. The van der Waals surface area contributed by atoms with Gasteiger partial charge >= 0.3 is 0 Å². The van der Waals surface area contributed by atoms with Gasteiger partial charge in [-0.3, -0.25) is 0 Å². The Bertz CT molecular complexity index is 337. The van der Waals surface area contributed by atoms with Crippen LogP contribution in [0.5, 0.6) is 0 Å². The highest BCUT2D eigenvalue weighted by molar-refractivity contribution is 5.55. The molecule has 0 aliphatic carbocycles. The molecular formula is C15H25N3. The van der Waals surface area contributed by atoms with Crippen molar-refractivity contribution >= 4 is 11.4 Å². The summed E-state index contributed by atoms with van der Waals surface area (Å²) < 4.78 is 0. The van der Waals surface area contributed by atoms with E-state index in [1.165, 1.54) is 30.8 Å². The third-order valence-electron chi connectivity index (χ3n) is 3.66. The van der Waals surface area contributed by atoms with Gasteiger partial charge in [0.25, 0.3) is 0 Å². The predicted octanol–water partition coefficient (Wildman–Crippen LogP) is 2.70. The van der Waals surface area contributed by atoms with Crippen molar-refractivity contribution in [1.82, 2.24) is 5.32 Å². The van der Waals surface area contributed by atoms with Gasteiger partial charge in [-0.05, 0) is 57.5 Å². The van der Waals surface area contributed by atoms with Gasteiger partial charge in [0.15, 0.2) is 0 Å². The van der Waals surface area contributed by atoms with Crippen LogP contribution in [-0.4, -0.2) is 32.2 Å². The van der Waals surface area contributed by atoms with Crippen LogP contribution in [0.2, 0.25) is 0 Å². The maximum Gasteiger partial charge on any atom is 0.0386 e. The smallest absolute Gasteiger partial charge is 0.0386 e. The molecule has 0 radical (unpaired) electrons. The van der Waals surface area contributed by atoms with Crippen molar-refractivity contribution < 1.29 is 0 Å². The van der Waals surface area contributed by atoms with Crippen LogP contribution in [0, 0.1) is 0 Å². The Hall–Kier alpha value is -1.22. The molecule has 0 bridgehead atoms. The number of hydrogen-bond acceptors (Lipinski definition) is 3. The SMILES string of the molecule is CCN(CC)c1ccc(NC2CCCNC2)cc1. The lowest BCUT2D eigenvalue weighted by atomic mass is 10.1. The minimum absolute atomic E-state index is 0.582. The summed E-state index contributed by atoms with van der Waals surface area (Å²) in [5.74, 6) is 0. The standard InChI is InChI=1S/C15H25N3/c1-3-18(4-2)15-9-7-13(8-10-15)17-14-6-5-11-16-12-14/h7-10,14,16-17H,3-6,11-12H2,1-2H3. The first-order valence-corrected chi connectivity index (χ1v) is 7.15. The van der Waals surface area contributed by atoms with E-state index in [-0.39, 0.29) is 0 Å². The first-order valence-electron chi connectivity index (χ1n) is 7.15. The van der Waals surface area contributed by atoms with Crippen molar-refractivity contribution in [3.63, 3.8) is 0 Å². The molecule has 1 saturated heterocycles. The van der Waals surface area contributed by atoms with Crippen LogP contribution in [0.25, 0.3) is 0 Å². The number of nitrogens with one attached hydrogen (secondary N) is 2. The summed E-state index contributed by atoms with van der Waals surface area (Å²) in [5.41, 5.74) is 2.55. The Morgan fingerprint density at radius 3 is 2.50 bits per heavy atom. The summed E-state index contributed by atoms with van der Waals surface area (Å²) in [6, 6.07) is 9.40. The summed E-state index contributed by atoms with van der Waals surface area (Å²) in [7, 11) is 0. The second-order valence-corrected chi connectivity index (χ2v) is 4.91. The third-order valence-corrected chi connectivity index (χ3v) is 3.66. The molecule has 1 atom stereocenters. The molecule has 2 N–H and O–H groups in total. The molecule has 0 amide bonds. The Labute approximate surface area is 111 Å². The van der Waals surface area contributed by atoms with Crippen molar-refractivity contribution in [2.45, 2.75) is 32.7 Å². The molecule has 1 aliphatic heterocycles. The van der Waals surface area contributed by atoms with Gasteiger partial charge in [0.2, 0.25) is 0 Å². The molecule has 1 unspecified atom stereocenters. The number of nitrogens with zero attached hydrogens (tertiary/aromatic N) is 1. The van der Waals surface area contributed by atoms with E-state index >= 15 is 0 Å². The largest absolute Gasteiger partial charge is 0.381 e. The lowest BCUT2D eigenvalue weighted by molar-refractivity contribution is 0.480. The molecule has 3 nitrogen and oxygen atoms in total. The fraction of sp³-hybridized carbons (Fsp3) is 0.600. The van der Waals surface area contributed by atoms with Gasteiger partial charge in [0.05, 0.1) is 0 Å². The molecule has 0 spiro atoms. The van der Waals surface area contributed by atoms with Crippen molar-refractivity contribution in [3.05, 3.63) is 24.3 Å². The molecule has 1 aromatic carbocycles. The van der Waals surface area contributed by atoms with Gasteiger partial charge < -0.3 is 15.5 Å². The number of hydrogen-bond donors (Lipinski definition) is 2. The van der Waals surface area contributed by atoms with Crippen LogP contribution in [0.4, 0.5) is 11.4 Å². The van der Waals surface area contributed by atoms with Crippen LogP contribution < -0.4 is 15.5 Å². The van der Waals surface area contributed by atoms with Crippen molar-refractivity contribution in [1.29, 1.82) is 0 Å². The van der Waals surface area contributed by atoms with E-state index in [0.717, 1.165) is 19.6 Å². The highest BCUT2D eigenvalue weighted by atomic mass is 15.1. The van der Waals surface area contributed by atoms with E-state index in [4.69, 9.17) is 0 Å². The predicted molar refractivity (Wildman–Crippen MR) is 79.5 cm³/mol. The highest BCUT2D eigenvalue weighted by Crippen LogP contribution is 2.19. The first kappa shape index (κ1) is 13.2. The zero-order chi connectivity index (χ0) is 12.8. The quantitative estimate of drug-likeness (QED) is 0.837. The summed E-state index contributed by atoms with van der Waals surface area (Å²) in [6.45, 7) is 8.77. The maximum atomic E-state index is 3.60. The lowest BCUT2D eigenvalue weighted by Crippen LogP contribution is -2.38. The van der Waals surface area contributed by atoms with E-state index < -0.39 is 0 Å². The zero-order valence-electron chi connectivity index (χ0n) is 11.6. The Morgan fingerprint density at radius 1 is 1.22 bits per heavy atom. The fourth-order valence-corrected chi connectivity index (χ4v) is 2.57. The molecule has 1 aliphatic rings. The van der Waals surface area contributed by atoms with Gasteiger partial charge in [0, 0.05) is 37.1 Å². The van der Waals surface area contributed by atoms with Crippen molar-refractivity contribution in [2.24, 2.45) is 0 Å². The summed E-state index contributed by atoms with van der Waals surface area (Å²) in [4.78, 5) is 2.37. The lowest BCUT2D eigenvalue weighted by Gasteiger charge is -2.25. The van der Waals surface area contributed by atoms with E-state index in [1.807, 2.05) is 0 Å². The van der Waals surface area contributed by atoms with Gasteiger partial charge in [-0.1, -0.05) is 0 Å². The molecule has 3 heteroatoms. The Balaban J connectivity index is 1.94. The van der Waals surface area contributed by atoms with Crippen LogP contribution >= 0.6 is 0 Å². The average molecular weight is 247 g/mol. The van der Waals surface area contributed by atoms with Gasteiger partial charge in [-0.25, -0.2) is 0 Å². The molecule has 0 aromatic heterocycles. The van der Waals surface area contributed by atoms with Gasteiger partial charge in [-0.2, -0.15) is 0 Å². The maximum absolute atomic E-state index is 3.60. The number of piperidine rings is 1. The molecule has 1 aromatic rings. The molecule has 18 heavy (non-hydrogen) atoms. The monoisotopic (exact) mass is 247 g/mol. The highest BCUT2D eigenvalue weighted by Gasteiger charge is 2.12. The van der Waals surface area contributed by atoms with Crippen LogP contribution in [0.3, 0.4) is 0 Å². The van der Waals surface area contributed by atoms with Crippen LogP contribution in [0.1, 0.15) is 26.7 Å². The van der Waals surface area contributed by atoms with Crippen molar-refractivity contribution in [2.75, 3.05) is 36.4 Å². The molecule has 0 saturated carbocycles. The van der Waals surface area contributed by atoms with E-state index in [2.05, 4.69) is 53.6 Å². The average Bonchev–Trinajstić information content (AvgIpc) is 2.43. The Kier molecular flexibility index (Phi) is 4.88. The zero-order valence-corrected chi connectivity index (χ0v) is 11.6. The third kappa shape index (κ3) is 3.39. The normalized spacial score (nSPS) is 19.6. The molecular weight excluding hydrogens is 222 g/mol. The van der Waals surface area contributed by atoms with Gasteiger partial charge in [0.1, 0.15) is 0 Å². The topological polar surface area (TPSA) is 27.3 Å². The first-order chi connectivity index (χ1) is 8.83. The second kappa shape index (κ2) is 6.64. The number of rotatable bonds is 5. The van der Waals surface area contributed by atoms with Crippen LogP contribution in [0.15, 0.2) is 24.3 Å². The van der Waals surface area contributed by atoms with E-state index in [9.17, 15) is 0 Å². The molecule has 1 heterocycles. The summed E-state index contributed by atoms with van der Waals surface area (Å²) in [5, 5.41) is 7.03. The summed E-state index contributed by atoms with van der Waals surface area (Å²) in [6.07, 6.45) is 2.54. The number of benzene rings is 1. The van der Waals surface area contributed by atoms with Crippen LogP contribution in [-0.2, 0) is 0 Å². The molecule has 100 valence electrons. The fourth-order valence-electron chi connectivity index (χ4n) is 2.57. The summed E-state index contributed by atoms with van der Waals surface area (Å²) >= 11 is 0. The van der Waals surface area contributed by atoms with Crippen molar-refractivity contribution in [3.8, 4) is 0 Å². The Morgan fingerprint density at radius 2 is 1.94 bits per heavy atom. The van der Waals surface area contributed by atoms with E-state index in [0.29, 0.717) is 6.04 Å².